The third kappa shape index (κ3) is 7.37. The third-order valence-corrected chi connectivity index (χ3v) is 3.40. The molecule has 4 nitrogen and oxygen atoms in total. The highest BCUT2D eigenvalue weighted by Gasteiger charge is 2.04. The highest BCUT2D eigenvalue weighted by molar-refractivity contribution is 14.1. The summed E-state index contributed by atoms with van der Waals surface area (Å²) in [4.78, 5) is 11.5. The van der Waals surface area contributed by atoms with Crippen LogP contribution in [-0.4, -0.2) is 25.6 Å². The van der Waals surface area contributed by atoms with E-state index < -0.39 is 0 Å². The molecule has 0 aromatic heterocycles. The van der Waals surface area contributed by atoms with Crippen molar-refractivity contribution in [1.29, 1.82) is 0 Å². The van der Waals surface area contributed by atoms with Crippen LogP contribution in [0.5, 0.6) is 5.75 Å². The van der Waals surface area contributed by atoms with Crippen molar-refractivity contribution in [2.24, 2.45) is 11.7 Å². The zero-order chi connectivity index (χ0) is 14.1. The largest absolute Gasteiger partial charge is 0.494 e. The van der Waals surface area contributed by atoms with E-state index in [2.05, 4.69) is 27.9 Å². The first-order valence-corrected chi connectivity index (χ1v) is 7.55. The minimum absolute atomic E-state index is 0.0616. The first kappa shape index (κ1) is 16.2. The molecule has 106 valence electrons. The van der Waals surface area contributed by atoms with Crippen LogP contribution in [0, 0.1) is 9.49 Å². The Bertz CT molecular complexity index is 382. The number of halogens is 1. The summed E-state index contributed by atoms with van der Waals surface area (Å²) in [6.07, 6.45) is 1.20. The lowest BCUT2D eigenvalue weighted by Crippen LogP contribution is -2.31. The van der Waals surface area contributed by atoms with Gasteiger partial charge in [0.1, 0.15) is 5.75 Å². The molecule has 0 radical (unpaired) electrons. The lowest BCUT2D eigenvalue weighted by Gasteiger charge is -2.10. The second kappa shape index (κ2) is 9.14. The van der Waals surface area contributed by atoms with Gasteiger partial charge in [0.25, 0.3) is 0 Å². The molecule has 1 rings (SSSR count). The fourth-order valence-electron chi connectivity index (χ4n) is 1.41. The topological polar surface area (TPSA) is 64.3 Å². The molecule has 3 N–H and O–H groups in total. The molecule has 1 amide bonds. The summed E-state index contributed by atoms with van der Waals surface area (Å²) in [5.74, 6) is 1.23. The van der Waals surface area contributed by atoms with E-state index in [9.17, 15) is 4.79 Å². The summed E-state index contributed by atoms with van der Waals surface area (Å²) < 4.78 is 6.73. The molecule has 0 bridgehead atoms. The van der Waals surface area contributed by atoms with Crippen molar-refractivity contribution < 1.29 is 9.53 Å². The lowest BCUT2D eigenvalue weighted by molar-refractivity contribution is -0.121. The van der Waals surface area contributed by atoms with Gasteiger partial charge >= 0.3 is 0 Å². The maximum Gasteiger partial charge on any atom is 0.220 e. The molecule has 0 saturated heterocycles. The molecule has 1 atom stereocenters. The molecule has 0 aliphatic rings. The molecule has 5 heteroatoms. The molecule has 1 aromatic carbocycles. The highest BCUT2D eigenvalue weighted by Crippen LogP contribution is 2.13. The van der Waals surface area contributed by atoms with Gasteiger partial charge in [-0.05, 0) is 65.7 Å². The molecule has 1 unspecified atom stereocenters. The second-order valence-electron chi connectivity index (χ2n) is 4.55. The molecule has 0 saturated carbocycles. The van der Waals surface area contributed by atoms with Crippen LogP contribution in [0.25, 0.3) is 0 Å². The van der Waals surface area contributed by atoms with Crippen molar-refractivity contribution in [3.63, 3.8) is 0 Å². The van der Waals surface area contributed by atoms with Gasteiger partial charge < -0.3 is 15.8 Å². The van der Waals surface area contributed by atoms with E-state index in [0.717, 1.165) is 12.2 Å². The average Bonchev–Trinajstić information content (AvgIpc) is 2.42. The molecular weight excluding hydrogens is 355 g/mol. The van der Waals surface area contributed by atoms with Crippen LogP contribution in [0.15, 0.2) is 24.3 Å². The Morgan fingerprint density at radius 1 is 1.42 bits per heavy atom. The number of ether oxygens (including phenoxy) is 1. The van der Waals surface area contributed by atoms with Gasteiger partial charge in [-0.3, -0.25) is 4.79 Å². The number of hydrogen-bond acceptors (Lipinski definition) is 3. The molecule has 0 aliphatic heterocycles. The Kier molecular flexibility index (Phi) is 7.81. The summed E-state index contributed by atoms with van der Waals surface area (Å²) in [5.41, 5.74) is 5.48. The van der Waals surface area contributed by atoms with Gasteiger partial charge in [-0.15, -0.1) is 0 Å². The molecule has 0 aliphatic carbocycles. The van der Waals surface area contributed by atoms with E-state index in [4.69, 9.17) is 10.5 Å². The number of nitrogens with one attached hydrogen (secondary N) is 1. The second-order valence-corrected chi connectivity index (χ2v) is 5.80. The number of carbonyl (C=O) groups is 1. The molecule has 0 fully saturated rings. The first-order chi connectivity index (χ1) is 9.11. The predicted octanol–water partition coefficient (Wildman–Crippen LogP) is 2.16. The third-order valence-electron chi connectivity index (χ3n) is 2.68. The number of amides is 1. The van der Waals surface area contributed by atoms with Crippen molar-refractivity contribution in [3.8, 4) is 5.75 Å². The van der Waals surface area contributed by atoms with Gasteiger partial charge in [0.15, 0.2) is 0 Å². The van der Waals surface area contributed by atoms with Crippen LogP contribution in [0.2, 0.25) is 0 Å². The minimum Gasteiger partial charge on any atom is -0.494 e. The van der Waals surface area contributed by atoms with Crippen molar-refractivity contribution >= 4 is 28.5 Å². The molecular formula is C14H21IN2O2. The van der Waals surface area contributed by atoms with E-state index in [-0.39, 0.29) is 5.91 Å². The fraction of sp³-hybridized carbons (Fsp3) is 0.500. The zero-order valence-corrected chi connectivity index (χ0v) is 13.4. The number of nitrogens with two attached hydrogens (primary N) is 1. The van der Waals surface area contributed by atoms with Crippen LogP contribution < -0.4 is 15.8 Å². The van der Waals surface area contributed by atoms with Crippen LogP contribution in [0.3, 0.4) is 0 Å². The van der Waals surface area contributed by atoms with Gasteiger partial charge in [-0.25, -0.2) is 0 Å². The van der Waals surface area contributed by atoms with Gasteiger partial charge in [0.2, 0.25) is 5.91 Å². The van der Waals surface area contributed by atoms with E-state index >= 15 is 0 Å². The monoisotopic (exact) mass is 376 g/mol. The van der Waals surface area contributed by atoms with E-state index in [1.165, 1.54) is 3.57 Å². The van der Waals surface area contributed by atoms with Crippen LogP contribution in [-0.2, 0) is 4.79 Å². The molecule has 19 heavy (non-hydrogen) atoms. The Morgan fingerprint density at radius 3 is 2.74 bits per heavy atom. The summed E-state index contributed by atoms with van der Waals surface area (Å²) in [5, 5.41) is 2.86. The summed E-state index contributed by atoms with van der Waals surface area (Å²) in [6, 6.07) is 7.86. The SMILES string of the molecule is CC(CN)CNC(=O)CCCOc1ccc(I)cc1. The van der Waals surface area contributed by atoms with Gasteiger partial charge in [-0.1, -0.05) is 6.92 Å². The van der Waals surface area contributed by atoms with Crippen LogP contribution in [0.4, 0.5) is 0 Å². The highest BCUT2D eigenvalue weighted by atomic mass is 127. The Balaban J connectivity index is 2.10. The standard InChI is InChI=1S/C14H21IN2O2/c1-11(9-16)10-17-14(18)3-2-8-19-13-6-4-12(15)5-7-13/h4-7,11H,2-3,8-10,16H2,1H3,(H,17,18). The first-order valence-electron chi connectivity index (χ1n) is 6.47. The van der Waals surface area contributed by atoms with Crippen molar-refractivity contribution in [1.82, 2.24) is 5.32 Å². The van der Waals surface area contributed by atoms with Crippen molar-refractivity contribution in [2.75, 3.05) is 19.7 Å². The quantitative estimate of drug-likeness (QED) is 0.540. The van der Waals surface area contributed by atoms with Gasteiger partial charge in [0.05, 0.1) is 6.61 Å². The molecule has 0 spiro atoms. The van der Waals surface area contributed by atoms with Crippen molar-refractivity contribution in [3.05, 3.63) is 27.8 Å². The predicted molar refractivity (Wildman–Crippen MR) is 85.1 cm³/mol. The van der Waals surface area contributed by atoms with E-state index in [1.54, 1.807) is 0 Å². The Hall–Kier alpha value is -0.820. The maximum atomic E-state index is 11.5. The maximum absolute atomic E-state index is 11.5. The number of carbonyl (C=O) groups excluding carboxylic acids is 1. The fourth-order valence-corrected chi connectivity index (χ4v) is 1.77. The molecule has 1 aromatic rings. The summed E-state index contributed by atoms with van der Waals surface area (Å²) in [7, 11) is 0. The number of rotatable bonds is 8. The van der Waals surface area contributed by atoms with E-state index in [0.29, 0.717) is 32.0 Å². The zero-order valence-electron chi connectivity index (χ0n) is 11.2. The smallest absolute Gasteiger partial charge is 0.220 e. The Labute approximate surface area is 128 Å². The number of hydrogen-bond donors (Lipinski definition) is 2. The Morgan fingerprint density at radius 2 is 2.11 bits per heavy atom. The normalized spacial score (nSPS) is 11.9. The number of benzene rings is 1. The molecule has 0 heterocycles. The van der Waals surface area contributed by atoms with Gasteiger partial charge in [0, 0.05) is 16.5 Å². The van der Waals surface area contributed by atoms with Gasteiger partial charge in [-0.2, -0.15) is 0 Å². The summed E-state index contributed by atoms with van der Waals surface area (Å²) in [6.45, 7) is 3.81. The van der Waals surface area contributed by atoms with E-state index in [1.807, 2.05) is 31.2 Å². The van der Waals surface area contributed by atoms with Crippen LogP contribution in [0.1, 0.15) is 19.8 Å². The van der Waals surface area contributed by atoms with Crippen LogP contribution >= 0.6 is 22.6 Å². The summed E-state index contributed by atoms with van der Waals surface area (Å²) >= 11 is 2.25. The lowest BCUT2D eigenvalue weighted by atomic mass is 10.2. The van der Waals surface area contributed by atoms with Crippen molar-refractivity contribution in [2.45, 2.75) is 19.8 Å². The average molecular weight is 376 g/mol. The minimum atomic E-state index is 0.0616.